The highest BCUT2D eigenvalue weighted by Crippen LogP contribution is 2.50. The van der Waals surface area contributed by atoms with E-state index in [2.05, 4.69) is 44.8 Å². The van der Waals surface area contributed by atoms with Gasteiger partial charge in [0.05, 0.1) is 0 Å². The molecule has 2 saturated heterocycles. The molecule has 3 fully saturated rings. The molecule has 0 amide bonds. The summed E-state index contributed by atoms with van der Waals surface area (Å²) in [6, 6.07) is 0.902. The summed E-state index contributed by atoms with van der Waals surface area (Å²) in [5.74, 6) is 3.62. The van der Waals surface area contributed by atoms with Crippen LogP contribution in [0.25, 0.3) is 0 Å². The minimum atomic E-state index is 0.750. The van der Waals surface area contributed by atoms with Gasteiger partial charge in [-0.2, -0.15) is 11.8 Å². The molecular weight excluding hydrogens is 238 g/mol. The predicted molar refractivity (Wildman–Crippen MR) is 85.4 cm³/mol. The van der Waals surface area contributed by atoms with Gasteiger partial charge in [-0.1, -0.05) is 34.1 Å². The second-order valence-corrected chi connectivity index (χ2v) is 7.54. The minimum absolute atomic E-state index is 0.750. The Balaban J connectivity index is 0.000000203. The van der Waals surface area contributed by atoms with Gasteiger partial charge in [-0.05, 0) is 54.9 Å². The van der Waals surface area contributed by atoms with Crippen molar-refractivity contribution in [1.29, 1.82) is 0 Å². The van der Waals surface area contributed by atoms with Crippen molar-refractivity contribution in [2.75, 3.05) is 18.1 Å². The Kier molecular flexibility index (Phi) is 7.70. The number of hydrogen-bond acceptors (Lipinski definition) is 2. The van der Waals surface area contributed by atoms with Crippen LogP contribution in [0.15, 0.2) is 0 Å². The second-order valence-electron chi connectivity index (χ2n) is 6.32. The van der Waals surface area contributed by atoms with Crippen LogP contribution in [0.5, 0.6) is 0 Å². The highest BCUT2D eigenvalue weighted by Gasteiger charge is 2.49. The maximum atomic E-state index is 3.56. The number of thioether (sulfide) groups is 1. The van der Waals surface area contributed by atoms with Crippen molar-refractivity contribution in [3.63, 3.8) is 0 Å². The number of nitrogens with one attached hydrogen (secondary N) is 1. The van der Waals surface area contributed by atoms with Crippen LogP contribution in [-0.4, -0.2) is 24.1 Å². The second kappa shape index (κ2) is 8.47. The Morgan fingerprint density at radius 3 is 2.17 bits per heavy atom. The maximum absolute atomic E-state index is 3.56. The van der Waals surface area contributed by atoms with Crippen molar-refractivity contribution in [3.05, 3.63) is 0 Å². The Labute approximate surface area is 119 Å². The van der Waals surface area contributed by atoms with Gasteiger partial charge in [0.15, 0.2) is 0 Å². The number of rotatable bonds is 7. The largest absolute Gasteiger partial charge is 0.313 e. The lowest BCUT2D eigenvalue weighted by atomic mass is 9.65. The third kappa shape index (κ3) is 5.13. The van der Waals surface area contributed by atoms with Gasteiger partial charge in [-0.15, -0.1) is 0 Å². The molecule has 1 saturated carbocycles. The first-order chi connectivity index (χ1) is 8.65. The maximum Gasteiger partial charge on any atom is 0.00788 e. The lowest BCUT2D eigenvalue weighted by Crippen LogP contribution is -2.34. The SMILES string of the molecule is CCC(C)CC12CNC(C1)C2.CCCSCCC. The molecule has 2 heterocycles. The fourth-order valence-electron chi connectivity index (χ4n) is 3.15. The molecule has 2 bridgehead atoms. The Hall–Kier alpha value is 0.310. The summed E-state index contributed by atoms with van der Waals surface area (Å²) in [7, 11) is 0. The standard InChI is InChI=1S/C10H19N.C6H14S/c1-3-8(2)4-10-5-9(6-10)11-7-10;1-3-5-7-6-4-2/h8-9,11H,3-7H2,1-2H3;3-6H2,1-2H3. The molecule has 1 nitrogen and oxygen atoms in total. The molecule has 18 heavy (non-hydrogen) atoms. The molecule has 0 aromatic rings. The average molecular weight is 272 g/mol. The Morgan fingerprint density at radius 1 is 1.17 bits per heavy atom. The monoisotopic (exact) mass is 271 g/mol. The summed E-state index contributed by atoms with van der Waals surface area (Å²) in [4.78, 5) is 0. The zero-order chi connectivity index (χ0) is 13.4. The molecule has 0 aromatic heterocycles. The van der Waals surface area contributed by atoms with Gasteiger partial charge in [0.1, 0.15) is 0 Å². The van der Waals surface area contributed by atoms with Crippen LogP contribution < -0.4 is 5.32 Å². The molecule has 108 valence electrons. The van der Waals surface area contributed by atoms with Crippen molar-refractivity contribution in [1.82, 2.24) is 5.32 Å². The topological polar surface area (TPSA) is 12.0 Å². The molecule has 3 rings (SSSR count). The van der Waals surface area contributed by atoms with Crippen molar-refractivity contribution in [2.45, 2.75) is 72.3 Å². The summed E-state index contributed by atoms with van der Waals surface area (Å²) < 4.78 is 0. The van der Waals surface area contributed by atoms with Crippen molar-refractivity contribution < 1.29 is 0 Å². The summed E-state index contributed by atoms with van der Waals surface area (Å²) in [6.45, 7) is 10.5. The van der Waals surface area contributed by atoms with E-state index in [1.54, 1.807) is 0 Å². The zero-order valence-electron chi connectivity index (χ0n) is 12.9. The van der Waals surface area contributed by atoms with E-state index in [0.717, 1.165) is 17.4 Å². The van der Waals surface area contributed by atoms with Gasteiger partial charge < -0.3 is 5.32 Å². The molecule has 1 unspecified atom stereocenters. The van der Waals surface area contributed by atoms with Crippen LogP contribution in [0.1, 0.15) is 66.2 Å². The molecule has 3 aliphatic rings. The number of hydrogen-bond donors (Lipinski definition) is 1. The van der Waals surface area contributed by atoms with Gasteiger partial charge in [0.2, 0.25) is 0 Å². The van der Waals surface area contributed by atoms with Crippen molar-refractivity contribution in [3.8, 4) is 0 Å². The zero-order valence-corrected chi connectivity index (χ0v) is 13.7. The summed E-state index contributed by atoms with van der Waals surface area (Å²) >= 11 is 2.05. The third-order valence-corrected chi connectivity index (χ3v) is 5.69. The van der Waals surface area contributed by atoms with E-state index in [0.29, 0.717) is 0 Å². The van der Waals surface area contributed by atoms with Gasteiger partial charge in [0.25, 0.3) is 0 Å². The van der Waals surface area contributed by atoms with E-state index < -0.39 is 0 Å². The first kappa shape index (κ1) is 16.4. The lowest BCUT2D eigenvalue weighted by Gasteiger charge is -2.38. The molecule has 1 atom stereocenters. The van der Waals surface area contributed by atoms with Gasteiger partial charge in [-0.3, -0.25) is 0 Å². The third-order valence-electron chi connectivity index (χ3n) is 4.30. The quantitative estimate of drug-likeness (QED) is 0.673. The normalized spacial score (nSPS) is 30.3. The summed E-state index contributed by atoms with van der Waals surface area (Å²) in [6.07, 6.45) is 8.41. The van der Waals surface area contributed by atoms with Crippen molar-refractivity contribution >= 4 is 11.8 Å². The molecule has 0 aromatic carbocycles. The predicted octanol–water partition coefficient (Wildman–Crippen LogP) is 4.71. The Bertz CT molecular complexity index is 202. The van der Waals surface area contributed by atoms with Gasteiger partial charge in [0, 0.05) is 12.6 Å². The number of fused-ring (bicyclic) bond motifs is 1. The summed E-state index contributed by atoms with van der Waals surface area (Å²) in [5.41, 5.74) is 0.750. The first-order valence-electron chi connectivity index (χ1n) is 7.97. The summed E-state index contributed by atoms with van der Waals surface area (Å²) in [5, 5.41) is 3.56. The molecule has 0 spiro atoms. The highest BCUT2D eigenvalue weighted by atomic mass is 32.2. The average Bonchev–Trinajstić information content (AvgIpc) is 2.90. The van der Waals surface area contributed by atoms with Gasteiger partial charge in [-0.25, -0.2) is 0 Å². The molecule has 0 radical (unpaired) electrons. The lowest BCUT2D eigenvalue weighted by molar-refractivity contribution is 0.151. The van der Waals surface area contributed by atoms with Crippen LogP contribution in [0.3, 0.4) is 0 Å². The first-order valence-corrected chi connectivity index (χ1v) is 9.12. The molecule has 1 N–H and O–H groups in total. The fourth-order valence-corrected chi connectivity index (χ4v) is 3.93. The molecular formula is C16H33NS. The van der Waals surface area contributed by atoms with E-state index in [1.165, 1.54) is 56.6 Å². The molecule has 1 aliphatic carbocycles. The van der Waals surface area contributed by atoms with E-state index in [9.17, 15) is 0 Å². The molecule has 2 aliphatic heterocycles. The van der Waals surface area contributed by atoms with E-state index in [1.807, 2.05) is 0 Å². The van der Waals surface area contributed by atoms with Crippen LogP contribution in [-0.2, 0) is 0 Å². The highest BCUT2D eigenvalue weighted by molar-refractivity contribution is 7.99. The van der Waals surface area contributed by atoms with Gasteiger partial charge >= 0.3 is 0 Å². The van der Waals surface area contributed by atoms with E-state index >= 15 is 0 Å². The fraction of sp³-hybridized carbons (Fsp3) is 1.00. The van der Waals surface area contributed by atoms with E-state index in [4.69, 9.17) is 0 Å². The van der Waals surface area contributed by atoms with Crippen LogP contribution >= 0.6 is 11.8 Å². The van der Waals surface area contributed by atoms with Crippen LogP contribution in [0.2, 0.25) is 0 Å². The van der Waals surface area contributed by atoms with Crippen LogP contribution in [0, 0.1) is 11.3 Å². The molecule has 2 heteroatoms. The van der Waals surface area contributed by atoms with Crippen LogP contribution in [0.4, 0.5) is 0 Å². The smallest absolute Gasteiger partial charge is 0.00788 e. The van der Waals surface area contributed by atoms with Crippen molar-refractivity contribution in [2.24, 2.45) is 11.3 Å². The van der Waals surface area contributed by atoms with E-state index in [-0.39, 0.29) is 0 Å². The Morgan fingerprint density at radius 2 is 1.78 bits per heavy atom. The minimum Gasteiger partial charge on any atom is -0.313 e.